The number of esters is 1. The van der Waals surface area contributed by atoms with Gasteiger partial charge in [-0.25, -0.2) is 14.8 Å². The van der Waals surface area contributed by atoms with Crippen LogP contribution in [0.1, 0.15) is 46.0 Å². The molecular weight excluding hydrogens is 404 g/mol. The Hall–Kier alpha value is -2.95. The van der Waals surface area contributed by atoms with Crippen LogP contribution >= 0.6 is 0 Å². The summed E-state index contributed by atoms with van der Waals surface area (Å²) in [6.45, 7) is 4.64. The zero-order valence-corrected chi connectivity index (χ0v) is 18.9. The third-order valence-electron chi connectivity index (χ3n) is 5.12. The van der Waals surface area contributed by atoms with E-state index in [4.69, 9.17) is 4.74 Å². The number of nitrogens with one attached hydrogen (secondary N) is 1. The lowest BCUT2D eigenvalue weighted by atomic mass is 10.1. The Morgan fingerprint density at radius 2 is 1.94 bits per heavy atom. The van der Waals surface area contributed by atoms with Gasteiger partial charge in [0.25, 0.3) is 5.56 Å². The average Bonchev–Trinajstić information content (AvgIpc) is 3.11. The molecule has 1 N–H and O–H groups in total. The number of nitrogens with zero attached hydrogens (tertiary/aromatic N) is 5. The number of aromatic nitrogens is 4. The lowest BCUT2D eigenvalue weighted by Gasteiger charge is -2.16. The van der Waals surface area contributed by atoms with E-state index < -0.39 is 11.7 Å². The average molecular weight is 437 g/mol. The molecule has 31 heavy (non-hydrogen) atoms. The number of fused-ring (bicyclic) bond motifs is 1. The molecule has 2 heterocycles. The summed E-state index contributed by atoms with van der Waals surface area (Å²) in [6.07, 6.45) is 3.15. The minimum Gasteiger partial charge on any atom is -0.463 e. The number of hydrazine groups is 1. The van der Waals surface area contributed by atoms with E-state index in [1.165, 1.54) is 15.5 Å². The van der Waals surface area contributed by atoms with Gasteiger partial charge in [-0.3, -0.25) is 28.9 Å². The molecular formula is C20H32N6O5. The third-order valence-corrected chi connectivity index (χ3v) is 5.12. The van der Waals surface area contributed by atoms with Gasteiger partial charge in [0.2, 0.25) is 5.91 Å². The van der Waals surface area contributed by atoms with Crippen molar-refractivity contribution in [3.05, 3.63) is 27.2 Å². The first-order chi connectivity index (χ1) is 14.6. The van der Waals surface area contributed by atoms with Crippen LogP contribution in [0.3, 0.4) is 0 Å². The van der Waals surface area contributed by atoms with Crippen molar-refractivity contribution in [3.63, 3.8) is 0 Å². The first-order valence-corrected chi connectivity index (χ1v) is 10.5. The lowest BCUT2D eigenvalue weighted by Crippen LogP contribution is -2.39. The number of carbonyl (C=O) groups is 2. The van der Waals surface area contributed by atoms with Gasteiger partial charge in [0.15, 0.2) is 11.2 Å². The van der Waals surface area contributed by atoms with Crippen LogP contribution in [0, 0.1) is 0 Å². The maximum absolute atomic E-state index is 12.7. The van der Waals surface area contributed by atoms with Crippen molar-refractivity contribution in [2.24, 2.45) is 14.1 Å². The summed E-state index contributed by atoms with van der Waals surface area (Å²) in [7, 11) is 5.06. The predicted octanol–water partition coefficient (Wildman–Crippen LogP) is 0.299. The summed E-state index contributed by atoms with van der Waals surface area (Å²) < 4.78 is 9.53. The Balaban J connectivity index is 1.79. The largest absolute Gasteiger partial charge is 0.463 e. The SMILES string of the molecule is CCN(C)NC(=O)CCC(=O)OC(C)CCCCn1c(=O)c2c(ncn2C)n(C)c1=O. The van der Waals surface area contributed by atoms with E-state index >= 15 is 0 Å². The van der Waals surface area contributed by atoms with Gasteiger partial charge < -0.3 is 9.30 Å². The molecule has 1 amide bonds. The van der Waals surface area contributed by atoms with E-state index in [1.807, 2.05) is 6.92 Å². The highest BCUT2D eigenvalue weighted by Gasteiger charge is 2.15. The van der Waals surface area contributed by atoms with E-state index in [1.54, 1.807) is 37.6 Å². The topological polar surface area (TPSA) is 120 Å². The minimum absolute atomic E-state index is 0.0177. The van der Waals surface area contributed by atoms with Crippen LogP contribution in [-0.2, 0) is 35.0 Å². The highest BCUT2D eigenvalue weighted by atomic mass is 16.5. The van der Waals surface area contributed by atoms with Gasteiger partial charge in [-0.2, -0.15) is 0 Å². The first-order valence-electron chi connectivity index (χ1n) is 10.5. The zero-order chi connectivity index (χ0) is 23.1. The number of hydrogen-bond donors (Lipinski definition) is 1. The van der Waals surface area contributed by atoms with E-state index in [0.717, 1.165) is 0 Å². The molecule has 0 aliphatic heterocycles. The fourth-order valence-corrected chi connectivity index (χ4v) is 3.20. The number of aryl methyl sites for hydroxylation is 2. The monoisotopic (exact) mass is 436 g/mol. The van der Waals surface area contributed by atoms with Gasteiger partial charge in [0, 0.05) is 40.7 Å². The molecule has 1 atom stereocenters. The van der Waals surface area contributed by atoms with Crippen LogP contribution in [0.2, 0.25) is 0 Å². The quantitative estimate of drug-likeness (QED) is 0.305. The number of carbonyl (C=O) groups excluding carboxylic acids is 2. The number of imidazole rings is 1. The van der Waals surface area contributed by atoms with Crippen molar-refractivity contribution in [1.29, 1.82) is 0 Å². The summed E-state index contributed by atoms with van der Waals surface area (Å²) in [4.78, 5) is 52.8. The highest BCUT2D eigenvalue weighted by molar-refractivity contribution is 5.80. The molecule has 0 aliphatic carbocycles. The van der Waals surface area contributed by atoms with Crippen molar-refractivity contribution in [2.45, 2.75) is 58.6 Å². The molecule has 1 unspecified atom stereocenters. The van der Waals surface area contributed by atoms with Crippen LogP contribution in [0.5, 0.6) is 0 Å². The van der Waals surface area contributed by atoms with Crippen molar-refractivity contribution in [1.82, 2.24) is 29.1 Å². The first kappa shape index (κ1) is 24.3. The van der Waals surface area contributed by atoms with E-state index in [9.17, 15) is 19.2 Å². The number of ether oxygens (including phenoxy) is 1. The van der Waals surface area contributed by atoms with Crippen molar-refractivity contribution in [3.8, 4) is 0 Å². The molecule has 11 nitrogen and oxygen atoms in total. The summed E-state index contributed by atoms with van der Waals surface area (Å²) in [5, 5.41) is 1.64. The molecule has 0 bridgehead atoms. The van der Waals surface area contributed by atoms with Crippen LogP contribution < -0.4 is 16.7 Å². The van der Waals surface area contributed by atoms with Gasteiger partial charge in [-0.05, 0) is 26.2 Å². The molecule has 0 fully saturated rings. The normalized spacial score (nSPS) is 12.3. The minimum atomic E-state index is -0.423. The standard InChI is InChI=1S/C20H32N6O5/c1-6-24(4)22-15(27)10-11-16(28)31-14(2)9-7-8-12-26-19(29)17-18(21-13-23(17)3)25(5)20(26)30/h13-14H,6-12H2,1-5H3,(H,22,27). The molecule has 0 saturated carbocycles. The maximum Gasteiger partial charge on any atom is 0.332 e. The lowest BCUT2D eigenvalue weighted by molar-refractivity contribution is -0.150. The Labute approximate surface area is 180 Å². The van der Waals surface area contributed by atoms with Gasteiger partial charge in [-0.15, -0.1) is 0 Å². The Kier molecular flexibility index (Phi) is 8.55. The maximum atomic E-state index is 12.7. The molecule has 2 aromatic heterocycles. The summed E-state index contributed by atoms with van der Waals surface area (Å²) in [5.41, 5.74) is 2.64. The Morgan fingerprint density at radius 1 is 1.23 bits per heavy atom. The summed E-state index contributed by atoms with van der Waals surface area (Å²) in [6, 6.07) is 0. The summed E-state index contributed by atoms with van der Waals surface area (Å²) in [5.74, 6) is -0.653. The van der Waals surface area contributed by atoms with E-state index in [2.05, 4.69) is 10.4 Å². The third kappa shape index (κ3) is 6.27. The summed E-state index contributed by atoms with van der Waals surface area (Å²) >= 11 is 0. The van der Waals surface area contributed by atoms with Crippen LogP contribution in [-0.4, -0.2) is 55.3 Å². The van der Waals surface area contributed by atoms with Crippen molar-refractivity contribution in [2.75, 3.05) is 13.6 Å². The number of rotatable bonds is 11. The van der Waals surface area contributed by atoms with Gasteiger partial charge >= 0.3 is 11.7 Å². The highest BCUT2D eigenvalue weighted by Crippen LogP contribution is 2.08. The second-order valence-corrected chi connectivity index (χ2v) is 7.67. The van der Waals surface area contributed by atoms with Gasteiger partial charge in [-0.1, -0.05) is 6.92 Å². The predicted molar refractivity (Wildman–Crippen MR) is 115 cm³/mol. The van der Waals surface area contributed by atoms with Crippen molar-refractivity contribution < 1.29 is 14.3 Å². The Bertz CT molecular complexity index is 1040. The van der Waals surface area contributed by atoms with Crippen molar-refractivity contribution >= 4 is 23.0 Å². The van der Waals surface area contributed by atoms with E-state index in [-0.39, 0.29) is 37.0 Å². The molecule has 2 aromatic rings. The fourth-order valence-electron chi connectivity index (χ4n) is 3.20. The second-order valence-electron chi connectivity index (χ2n) is 7.67. The van der Waals surface area contributed by atoms with Crippen LogP contribution in [0.25, 0.3) is 11.2 Å². The smallest absolute Gasteiger partial charge is 0.332 e. The molecule has 2 rings (SSSR count). The molecule has 0 radical (unpaired) electrons. The molecule has 11 heteroatoms. The second kappa shape index (κ2) is 10.9. The molecule has 0 saturated heterocycles. The number of hydrogen-bond acceptors (Lipinski definition) is 7. The number of unbranched alkanes of at least 4 members (excludes halogenated alkanes) is 1. The zero-order valence-electron chi connectivity index (χ0n) is 18.9. The van der Waals surface area contributed by atoms with Crippen LogP contribution in [0.15, 0.2) is 15.9 Å². The fraction of sp³-hybridized carbons (Fsp3) is 0.650. The molecule has 0 spiro atoms. The van der Waals surface area contributed by atoms with Gasteiger partial charge in [0.05, 0.1) is 18.9 Å². The molecule has 172 valence electrons. The van der Waals surface area contributed by atoms with E-state index in [0.29, 0.717) is 37.0 Å². The molecule has 0 aliphatic rings. The Morgan fingerprint density at radius 3 is 2.61 bits per heavy atom. The van der Waals surface area contributed by atoms with Gasteiger partial charge in [0.1, 0.15) is 0 Å². The van der Waals surface area contributed by atoms with Crippen LogP contribution in [0.4, 0.5) is 0 Å². The molecule has 0 aromatic carbocycles. The number of amides is 1.